The Morgan fingerprint density at radius 2 is 2.08 bits per heavy atom. The van der Waals surface area contributed by atoms with Crippen molar-refractivity contribution in [2.24, 2.45) is 0 Å². The van der Waals surface area contributed by atoms with Gasteiger partial charge in [0, 0.05) is 12.4 Å². The first-order chi connectivity index (χ1) is 12.0. The highest BCUT2D eigenvalue weighted by Crippen LogP contribution is 2.40. The lowest BCUT2D eigenvalue weighted by atomic mass is 10.1. The van der Waals surface area contributed by atoms with Crippen LogP contribution in [0.15, 0.2) is 48.6 Å². The number of nitrogens with zero attached hydrogens (tertiary/aromatic N) is 4. The first-order valence-electron chi connectivity index (χ1n) is 7.61. The van der Waals surface area contributed by atoms with Crippen LogP contribution in [0.3, 0.4) is 0 Å². The number of halogens is 2. The van der Waals surface area contributed by atoms with Gasteiger partial charge in [0.05, 0.1) is 39.7 Å². The quantitative estimate of drug-likeness (QED) is 0.729. The van der Waals surface area contributed by atoms with E-state index < -0.39 is 0 Å². The average molecular weight is 379 g/mol. The molecular formula is C17H16Cl2N4O2. The molecule has 0 radical (unpaired) electrons. The summed E-state index contributed by atoms with van der Waals surface area (Å²) in [6.45, 7) is 4.23. The number of hydrogen-bond acceptors (Lipinski definition) is 6. The topological polar surface area (TPSA) is 58.6 Å². The van der Waals surface area contributed by atoms with Gasteiger partial charge in [-0.15, -0.1) is 5.17 Å². The molecule has 0 saturated carbocycles. The summed E-state index contributed by atoms with van der Waals surface area (Å²) in [7, 11) is 0. The number of hydrazine groups is 1. The Bertz CT molecular complexity index is 800. The predicted molar refractivity (Wildman–Crippen MR) is 94.2 cm³/mol. The minimum absolute atomic E-state index is 0.171. The normalized spacial score (nSPS) is 18.8. The Morgan fingerprint density at radius 3 is 2.72 bits per heavy atom. The molecule has 130 valence electrons. The summed E-state index contributed by atoms with van der Waals surface area (Å²) in [4.78, 5) is 24.7. The Balaban J connectivity index is 2.00. The highest BCUT2D eigenvalue weighted by atomic mass is 35.5. The lowest BCUT2D eigenvalue weighted by molar-refractivity contribution is -0.247. The van der Waals surface area contributed by atoms with Gasteiger partial charge in [0.2, 0.25) is 0 Å². The highest BCUT2D eigenvalue weighted by Gasteiger charge is 2.38. The summed E-state index contributed by atoms with van der Waals surface area (Å²) in [6, 6.07) is 5.02. The number of aromatic nitrogens is 2. The zero-order valence-electron chi connectivity index (χ0n) is 13.6. The second-order valence-corrected chi connectivity index (χ2v) is 6.40. The van der Waals surface area contributed by atoms with Gasteiger partial charge in [0.25, 0.3) is 0 Å². The molecule has 0 spiro atoms. The highest BCUT2D eigenvalue weighted by molar-refractivity contribution is 6.42. The molecule has 8 heteroatoms. The van der Waals surface area contributed by atoms with Gasteiger partial charge in [0.15, 0.2) is 0 Å². The van der Waals surface area contributed by atoms with E-state index in [2.05, 4.69) is 9.97 Å². The van der Waals surface area contributed by atoms with Gasteiger partial charge in [0.1, 0.15) is 0 Å². The fraction of sp³-hybridized carbons (Fsp3) is 0.235. The standard InChI is InChI=1S/C17H16Cl2N4O2/c1-11-7-17(16-9-20-5-6-21-16)22(23(11)25-10-24)12(2)13-3-4-14(18)15(19)8-13/h3-10,12,17H,1-2H3. The molecule has 6 nitrogen and oxygen atoms in total. The number of carbonyl (C=O) groups excluding carboxylic acids is 1. The van der Waals surface area contributed by atoms with Crippen molar-refractivity contribution >= 4 is 29.7 Å². The van der Waals surface area contributed by atoms with Gasteiger partial charge in [-0.2, -0.15) is 5.01 Å². The second-order valence-electron chi connectivity index (χ2n) is 5.59. The van der Waals surface area contributed by atoms with Gasteiger partial charge in [-0.05, 0) is 37.6 Å². The molecule has 2 heterocycles. The summed E-state index contributed by atoms with van der Waals surface area (Å²) in [5.74, 6) is 0. The maximum atomic E-state index is 11.0. The number of carbonyl (C=O) groups is 1. The molecule has 2 atom stereocenters. The van der Waals surface area contributed by atoms with Crippen molar-refractivity contribution in [3.05, 3.63) is 69.9 Å². The molecule has 1 aromatic carbocycles. The van der Waals surface area contributed by atoms with Crippen molar-refractivity contribution in [2.75, 3.05) is 0 Å². The Morgan fingerprint density at radius 1 is 1.28 bits per heavy atom. The van der Waals surface area contributed by atoms with E-state index in [-0.39, 0.29) is 12.1 Å². The van der Waals surface area contributed by atoms with Crippen LogP contribution in [0.5, 0.6) is 0 Å². The predicted octanol–water partition coefficient (Wildman–Crippen LogP) is 4.11. The molecule has 1 aromatic heterocycles. The van der Waals surface area contributed by atoms with Crippen LogP contribution in [0.25, 0.3) is 0 Å². The molecular weight excluding hydrogens is 363 g/mol. The fourth-order valence-electron chi connectivity index (χ4n) is 2.85. The minimum Gasteiger partial charge on any atom is -0.329 e. The molecule has 0 N–H and O–H groups in total. The van der Waals surface area contributed by atoms with Crippen LogP contribution in [-0.4, -0.2) is 26.6 Å². The maximum Gasteiger partial charge on any atom is 0.322 e. The third-order valence-corrected chi connectivity index (χ3v) is 4.79. The summed E-state index contributed by atoms with van der Waals surface area (Å²) in [6.07, 6.45) is 6.89. The van der Waals surface area contributed by atoms with Crippen LogP contribution in [0, 0.1) is 0 Å². The number of rotatable bonds is 5. The molecule has 3 rings (SSSR count). The third-order valence-electron chi connectivity index (χ3n) is 4.05. The van der Waals surface area contributed by atoms with Gasteiger partial charge >= 0.3 is 6.47 Å². The molecule has 0 saturated heterocycles. The van der Waals surface area contributed by atoms with E-state index in [0.717, 1.165) is 17.0 Å². The van der Waals surface area contributed by atoms with Crippen LogP contribution in [-0.2, 0) is 9.63 Å². The second kappa shape index (κ2) is 7.39. The van der Waals surface area contributed by atoms with E-state index in [9.17, 15) is 4.79 Å². The Labute approximate surface area is 155 Å². The van der Waals surface area contributed by atoms with Crippen LogP contribution in [0.4, 0.5) is 0 Å². The number of hydroxylamine groups is 1. The van der Waals surface area contributed by atoms with Crippen LogP contribution in [0.1, 0.15) is 37.2 Å². The number of benzene rings is 1. The van der Waals surface area contributed by atoms with Crippen LogP contribution >= 0.6 is 23.2 Å². The smallest absolute Gasteiger partial charge is 0.322 e. The zero-order chi connectivity index (χ0) is 18.0. The van der Waals surface area contributed by atoms with E-state index in [1.165, 1.54) is 5.17 Å². The molecule has 1 aliphatic heterocycles. The van der Waals surface area contributed by atoms with E-state index in [1.54, 1.807) is 30.7 Å². The first-order valence-corrected chi connectivity index (χ1v) is 8.36. The molecule has 0 fully saturated rings. The van der Waals surface area contributed by atoms with Crippen molar-refractivity contribution in [1.29, 1.82) is 0 Å². The third kappa shape index (κ3) is 3.46. The van der Waals surface area contributed by atoms with Crippen LogP contribution < -0.4 is 0 Å². The van der Waals surface area contributed by atoms with Crippen molar-refractivity contribution in [1.82, 2.24) is 20.1 Å². The zero-order valence-corrected chi connectivity index (χ0v) is 15.1. The van der Waals surface area contributed by atoms with Crippen LogP contribution in [0.2, 0.25) is 10.0 Å². The van der Waals surface area contributed by atoms with E-state index in [4.69, 9.17) is 28.0 Å². The van der Waals surface area contributed by atoms with Gasteiger partial charge < -0.3 is 4.84 Å². The van der Waals surface area contributed by atoms with Crippen molar-refractivity contribution < 1.29 is 9.63 Å². The summed E-state index contributed by atoms with van der Waals surface area (Å²) < 4.78 is 0. The van der Waals surface area contributed by atoms with E-state index in [1.807, 2.05) is 31.0 Å². The average Bonchev–Trinajstić information content (AvgIpc) is 2.94. The minimum atomic E-state index is -0.238. The Hall–Kier alpha value is -2.15. The molecule has 25 heavy (non-hydrogen) atoms. The number of hydrogen-bond donors (Lipinski definition) is 0. The van der Waals surface area contributed by atoms with E-state index in [0.29, 0.717) is 16.5 Å². The first kappa shape index (κ1) is 17.7. The number of allylic oxidation sites excluding steroid dienone is 1. The van der Waals surface area contributed by atoms with Gasteiger partial charge in [-0.3, -0.25) is 14.8 Å². The summed E-state index contributed by atoms with van der Waals surface area (Å²) in [5.41, 5.74) is 2.44. The lowest BCUT2D eigenvalue weighted by Gasteiger charge is -2.36. The molecule has 2 aromatic rings. The van der Waals surface area contributed by atoms with Gasteiger partial charge in [-0.25, -0.2) is 0 Å². The molecule has 1 aliphatic rings. The monoisotopic (exact) mass is 378 g/mol. The van der Waals surface area contributed by atoms with Crippen molar-refractivity contribution in [2.45, 2.75) is 25.9 Å². The van der Waals surface area contributed by atoms with Gasteiger partial charge in [-0.1, -0.05) is 29.3 Å². The summed E-state index contributed by atoms with van der Waals surface area (Å²) >= 11 is 12.2. The molecule has 0 amide bonds. The van der Waals surface area contributed by atoms with Crippen molar-refractivity contribution in [3.63, 3.8) is 0 Å². The lowest BCUT2D eigenvalue weighted by Crippen LogP contribution is -2.40. The van der Waals surface area contributed by atoms with Crippen molar-refractivity contribution in [3.8, 4) is 0 Å². The Kier molecular flexibility index (Phi) is 5.22. The maximum absolute atomic E-state index is 11.0. The SMILES string of the molecule is CC1=CC(c2cnccn2)N(C(C)c2ccc(Cl)c(Cl)c2)N1OC=O. The fourth-order valence-corrected chi connectivity index (χ4v) is 3.16. The molecule has 0 aliphatic carbocycles. The molecule has 0 bridgehead atoms. The largest absolute Gasteiger partial charge is 0.329 e. The molecule has 2 unspecified atom stereocenters. The van der Waals surface area contributed by atoms with E-state index >= 15 is 0 Å². The summed E-state index contributed by atoms with van der Waals surface area (Å²) in [5, 5.41) is 4.31.